The fraction of sp³-hybridized carbons (Fsp3) is 0.529. The summed E-state index contributed by atoms with van der Waals surface area (Å²) < 4.78 is 0. The van der Waals surface area contributed by atoms with Gasteiger partial charge in [-0.2, -0.15) is 0 Å². The van der Waals surface area contributed by atoms with E-state index in [4.69, 9.17) is 11.6 Å². The molecule has 0 unspecified atom stereocenters. The minimum Gasteiger partial charge on any atom is -0.347 e. The van der Waals surface area contributed by atoms with Gasteiger partial charge in [-0.25, -0.2) is 0 Å². The highest BCUT2D eigenvalue weighted by molar-refractivity contribution is 6.34. The van der Waals surface area contributed by atoms with Crippen LogP contribution >= 0.6 is 11.6 Å². The molecule has 2 rings (SSSR count). The third kappa shape index (κ3) is 5.40. The molecule has 9 heteroatoms. The van der Waals surface area contributed by atoms with E-state index < -0.39 is 4.92 Å². The van der Waals surface area contributed by atoms with Crippen LogP contribution in [0.25, 0.3) is 0 Å². The van der Waals surface area contributed by atoms with Crippen molar-refractivity contribution in [2.45, 2.75) is 26.3 Å². The summed E-state index contributed by atoms with van der Waals surface area (Å²) in [6.45, 7) is 8.51. The number of piperazine rings is 1. The molecule has 1 aliphatic heterocycles. The first-order chi connectivity index (χ1) is 12.1. The van der Waals surface area contributed by atoms with Crippen molar-refractivity contribution in [1.82, 2.24) is 10.2 Å². The maximum atomic E-state index is 12.6. The molecule has 1 heterocycles. The molecule has 1 fully saturated rings. The van der Waals surface area contributed by atoms with Gasteiger partial charge in [0.2, 0.25) is 0 Å². The Bertz CT molecular complexity index is 709. The summed E-state index contributed by atoms with van der Waals surface area (Å²) in [5.74, 6) is -0.256. The summed E-state index contributed by atoms with van der Waals surface area (Å²) in [6.07, 6.45) is 0. The Hall–Kier alpha value is -2.19. The quantitative estimate of drug-likeness (QED) is 0.584. The molecule has 0 atom stereocenters. The number of nitrogens with zero attached hydrogens (tertiary/aromatic N) is 2. The number of benzene rings is 1. The summed E-state index contributed by atoms with van der Waals surface area (Å²) in [6, 6.07) is 3.85. The monoisotopic (exact) mass is 383 g/mol. The highest BCUT2D eigenvalue weighted by Crippen LogP contribution is 2.23. The van der Waals surface area contributed by atoms with Gasteiger partial charge in [0.25, 0.3) is 17.5 Å². The van der Waals surface area contributed by atoms with Crippen molar-refractivity contribution >= 4 is 29.1 Å². The first kappa shape index (κ1) is 20.1. The zero-order valence-electron chi connectivity index (χ0n) is 15.2. The van der Waals surface area contributed by atoms with E-state index in [9.17, 15) is 19.7 Å². The van der Waals surface area contributed by atoms with Gasteiger partial charge in [-0.1, -0.05) is 11.6 Å². The molecule has 1 aromatic rings. The molecule has 2 amide bonds. The lowest BCUT2D eigenvalue weighted by Gasteiger charge is -2.32. The van der Waals surface area contributed by atoms with Gasteiger partial charge < -0.3 is 15.1 Å². The van der Waals surface area contributed by atoms with Crippen molar-refractivity contribution in [2.75, 3.05) is 32.7 Å². The van der Waals surface area contributed by atoms with Gasteiger partial charge in [0, 0.05) is 17.7 Å². The number of hydrogen-bond donors (Lipinski definition) is 2. The number of rotatable bonds is 4. The highest BCUT2D eigenvalue weighted by Gasteiger charge is 2.28. The van der Waals surface area contributed by atoms with Gasteiger partial charge in [0.1, 0.15) is 0 Å². The molecular weight excluding hydrogens is 360 g/mol. The summed E-state index contributed by atoms with van der Waals surface area (Å²) >= 11 is 6.04. The number of nitrogens with one attached hydrogen (secondary N) is 2. The van der Waals surface area contributed by atoms with Crippen LogP contribution in [0.2, 0.25) is 5.02 Å². The Kier molecular flexibility index (Phi) is 6.20. The predicted octanol–water partition coefficient (Wildman–Crippen LogP) is 0.504. The Morgan fingerprint density at radius 2 is 1.92 bits per heavy atom. The number of nitro benzene ring substituents is 1. The number of carbonyl (C=O) groups excluding carboxylic acids is 2. The van der Waals surface area contributed by atoms with Gasteiger partial charge in [-0.3, -0.25) is 19.7 Å². The van der Waals surface area contributed by atoms with Crippen LogP contribution in [0, 0.1) is 10.1 Å². The van der Waals surface area contributed by atoms with Gasteiger partial charge >= 0.3 is 0 Å². The van der Waals surface area contributed by atoms with E-state index in [-0.39, 0.29) is 33.6 Å². The Balaban J connectivity index is 1.92. The molecule has 26 heavy (non-hydrogen) atoms. The van der Waals surface area contributed by atoms with E-state index in [2.05, 4.69) is 5.32 Å². The van der Waals surface area contributed by atoms with E-state index in [0.29, 0.717) is 32.7 Å². The zero-order valence-corrected chi connectivity index (χ0v) is 15.9. The molecule has 0 saturated carbocycles. The SMILES string of the molecule is CC(C)(C)NC(=O)C[NH+]1CCN(C(=O)c2ccc([N+](=O)[O-])cc2Cl)CC1. The third-order valence-corrected chi connectivity index (χ3v) is 4.39. The average Bonchev–Trinajstić information content (AvgIpc) is 2.53. The van der Waals surface area contributed by atoms with Crippen LogP contribution in [-0.2, 0) is 4.79 Å². The van der Waals surface area contributed by atoms with Crippen molar-refractivity contribution in [3.05, 3.63) is 38.9 Å². The van der Waals surface area contributed by atoms with Crippen molar-refractivity contribution < 1.29 is 19.4 Å². The van der Waals surface area contributed by atoms with Gasteiger partial charge in [0.15, 0.2) is 6.54 Å². The van der Waals surface area contributed by atoms with Crippen LogP contribution in [0.5, 0.6) is 0 Å². The van der Waals surface area contributed by atoms with Gasteiger partial charge in [0.05, 0.1) is 41.7 Å². The molecule has 2 N–H and O–H groups in total. The number of nitro groups is 1. The summed E-state index contributed by atoms with van der Waals surface area (Å²) in [4.78, 5) is 37.6. The van der Waals surface area contributed by atoms with Crippen LogP contribution < -0.4 is 10.2 Å². The van der Waals surface area contributed by atoms with Crippen LogP contribution in [-0.4, -0.2) is 59.9 Å². The smallest absolute Gasteiger partial charge is 0.275 e. The number of hydrogen-bond acceptors (Lipinski definition) is 4. The largest absolute Gasteiger partial charge is 0.347 e. The number of halogens is 1. The lowest BCUT2D eigenvalue weighted by atomic mass is 10.1. The first-order valence-electron chi connectivity index (χ1n) is 8.44. The predicted molar refractivity (Wildman–Crippen MR) is 97.5 cm³/mol. The van der Waals surface area contributed by atoms with E-state index in [1.807, 2.05) is 20.8 Å². The molecule has 0 spiro atoms. The van der Waals surface area contributed by atoms with Crippen molar-refractivity contribution in [3.63, 3.8) is 0 Å². The van der Waals surface area contributed by atoms with E-state index in [0.717, 1.165) is 4.90 Å². The Morgan fingerprint density at radius 1 is 1.31 bits per heavy atom. The first-order valence-corrected chi connectivity index (χ1v) is 8.82. The number of quaternary nitrogens is 1. The molecule has 0 bridgehead atoms. The number of carbonyl (C=O) groups is 2. The second-order valence-corrected chi connectivity index (χ2v) is 7.85. The van der Waals surface area contributed by atoms with E-state index >= 15 is 0 Å². The molecule has 0 aliphatic carbocycles. The minimum absolute atomic E-state index is 0.00862. The molecule has 1 saturated heterocycles. The van der Waals surface area contributed by atoms with Crippen molar-refractivity contribution in [3.8, 4) is 0 Å². The molecule has 1 aromatic carbocycles. The molecule has 142 valence electrons. The average molecular weight is 384 g/mol. The molecule has 0 radical (unpaired) electrons. The van der Waals surface area contributed by atoms with Crippen LogP contribution in [0.3, 0.4) is 0 Å². The van der Waals surface area contributed by atoms with Gasteiger partial charge in [-0.15, -0.1) is 0 Å². The molecule has 0 aromatic heterocycles. The fourth-order valence-corrected chi connectivity index (χ4v) is 3.11. The summed E-state index contributed by atoms with van der Waals surface area (Å²) in [5, 5.41) is 13.8. The lowest BCUT2D eigenvalue weighted by Crippen LogP contribution is -3.16. The zero-order chi connectivity index (χ0) is 19.5. The number of non-ortho nitro benzene ring substituents is 1. The van der Waals surface area contributed by atoms with Crippen LogP contribution in [0.4, 0.5) is 5.69 Å². The highest BCUT2D eigenvalue weighted by atomic mass is 35.5. The third-order valence-electron chi connectivity index (χ3n) is 4.08. The molecular formula is C17H24ClN4O4+. The Labute approximate surface area is 157 Å². The fourth-order valence-electron chi connectivity index (χ4n) is 2.85. The van der Waals surface area contributed by atoms with E-state index in [1.165, 1.54) is 18.2 Å². The van der Waals surface area contributed by atoms with Crippen LogP contribution in [0.15, 0.2) is 18.2 Å². The molecule has 1 aliphatic rings. The number of amides is 2. The van der Waals surface area contributed by atoms with E-state index in [1.54, 1.807) is 4.90 Å². The second kappa shape index (κ2) is 8.01. The van der Waals surface area contributed by atoms with Gasteiger partial charge in [-0.05, 0) is 26.8 Å². The lowest BCUT2D eigenvalue weighted by molar-refractivity contribution is -0.896. The minimum atomic E-state index is -0.551. The van der Waals surface area contributed by atoms with Crippen molar-refractivity contribution in [2.24, 2.45) is 0 Å². The standard InChI is InChI=1S/C17H23ClN4O4/c1-17(2,3)19-15(23)11-20-6-8-21(9-7-20)16(24)13-5-4-12(22(25)26)10-14(13)18/h4-5,10H,6-9,11H2,1-3H3,(H,19,23)/p+1. The summed E-state index contributed by atoms with van der Waals surface area (Å²) in [7, 11) is 0. The summed E-state index contributed by atoms with van der Waals surface area (Å²) in [5.41, 5.74) is -0.155. The van der Waals surface area contributed by atoms with Crippen molar-refractivity contribution in [1.29, 1.82) is 0 Å². The maximum Gasteiger partial charge on any atom is 0.275 e. The molecule has 8 nitrogen and oxygen atoms in total. The van der Waals surface area contributed by atoms with Crippen LogP contribution in [0.1, 0.15) is 31.1 Å². The Morgan fingerprint density at radius 3 is 2.42 bits per heavy atom. The second-order valence-electron chi connectivity index (χ2n) is 7.44. The normalized spacial score (nSPS) is 15.6. The maximum absolute atomic E-state index is 12.6. The topological polar surface area (TPSA) is 97.0 Å².